The number of phenolic OH excluding ortho intramolecular Hbond substituents is 1. The van der Waals surface area contributed by atoms with E-state index in [4.69, 9.17) is 5.11 Å². The molecule has 0 fully saturated rings. The van der Waals surface area contributed by atoms with Crippen LogP contribution in [-0.2, 0) is 0 Å². The fourth-order valence-corrected chi connectivity index (χ4v) is 2.32. The molecule has 3 heterocycles. The summed E-state index contributed by atoms with van der Waals surface area (Å²) in [5.41, 5.74) is 4.07. The van der Waals surface area contributed by atoms with Gasteiger partial charge in [0.2, 0.25) is 0 Å². The van der Waals surface area contributed by atoms with Crippen LogP contribution in [0.25, 0.3) is 22.4 Å². The second-order valence-corrected chi connectivity index (χ2v) is 5.22. The van der Waals surface area contributed by atoms with Gasteiger partial charge in [-0.2, -0.15) is 0 Å². The zero-order valence-corrected chi connectivity index (χ0v) is 13.5. The topological polar surface area (TPSA) is 58.9 Å². The average molecular weight is 327 g/mol. The third kappa shape index (κ3) is 4.48. The summed E-state index contributed by atoms with van der Waals surface area (Å²) in [6.07, 6.45) is 8.99. The van der Waals surface area contributed by atoms with Crippen LogP contribution in [0.3, 0.4) is 0 Å². The molecule has 0 aliphatic heterocycles. The van der Waals surface area contributed by atoms with E-state index in [2.05, 4.69) is 15.0 Å². The minimum Gasteiger partial charge on any atom is -0.508 e. The van der Waals surface area contributed by atoms with Crippen molar-refractivity contribution in [3.8, 4) is 28.1 Å². The largest absolute Gasteiger partial charge is 0.508 e. The fraction of sp³-hybridized carbons (Fsp3) is 0. The lowest BCUT2D eigenvalue weighted by molar-refractivity contribution is 0.475. The van der Waals surface area contributed by atoms with E-state index < -0.39 is 0 Å². The predicted octanol–water partition coefficient (Wildman–Crippen LogP) is 4.60. The second kappa shape index (κ2) is 8.36. The van der Waals surface area contributed by atoms with Crippen LogP contribution in [0.5, 0.6) is 5.75 Å². The minimum atomic E-state index is 0.322. The summed E-state index contributed by atoms with van der Waals surface area (Å²) in [4.78, 5) is 12.8. The summed E-state index contributed by atoms with van der Waals surface area (Å²) in [5.74, 6) is 0.322. The number of phenols is 1. The number of rotatable bonds is 2. The summed E-state index contributed by atoms with van der Waals surface area (Å²) in [6.45, 7) is 0. The maximum Gasteiger partial charge on any atom is 0.115 e. The Morgan fingerprint density at radius 2 is 1.24 bits per heavy atom. The number of aromatic hydroxyl groups is 1. The van der Waals surface area contributed by atoms with Gasteiger partial charge >= 0.3 is 0 Å². The van der Waals surface area contributed by atoms with Gasteiger partial charge in [-0.25, -0.2) is 0 Å². The fourth-order valence-electron chi connectivity index (χ4n) is 2.32. The van der Waals surface area contributed by atoms with Crippen molar-refractivity contribution in [2.75, 3.05) is 0 Å². The van der Waals surface area contributed by atoms with E-state index in [1.165, 1.54) is 0 Å². The summed E-state index contributed by atoms with van der Waals surface area (Å²) < 4.78 is 0. The highest BCUT2D eigenvalue weighted by Crippen LogP contribution is 2.28. The summed E-state index contributed by atoms with van der Waals surface area (Å²) in [5, 5.41) is 8.63. The molecular weight excluding hydrogens is 310 g/mol. The van der Waals surface area contributed by atoms with Gasteiger partial charge in [0, 0.05) is 47.7 Å². The van der Waals surface area contributed by atoms with Gasteiger partial charge < -0.3 is 5.11 Å². The molecule has 4 heteroatoms. The van der Waals surface area contributed by atoms with Crippen molar-refractivity contribution in [2.24, 2.45) is 0 Å². The molecule has 0 saturated heterocycles. The van der Waals surface area contributed by atoms with Crippen molar-refractivity contribution in [1.82, 2.24) is 15.0 Å². The smallest absolute Gasteiger partial charge is 0.115 e. The van der Waals surface area contributed by atoms with Gasteiger partial charge in [-0.05, 0) is 36.4 Å². The van der Waals surface area contributed by atoms with Gasteiger partial charge in [0.25, 0.3) is 0 Å². The highest BCUT2D eigenvalue weighted by atomic mass is 16.3. The Bertz CT molecular complexity index is 839. The van der Waals surface area contributed by atoms with Gasteiger partial charge in [-0.3, -0.25) is 15.0 Å². The lowest BCUT2D eigenvalue weighted by Crippen LogP contribution is -1.89. The maximum absolute atomic E-state index is 8.63. The van der Waals surface area contributed by atoms with Crippen LogP contribution in [0.1, 0.15) is 0 Å². The number of benzene rings is 1. The molecule has 3 aromatic heterocycles. The van der Waals surface area contributed by atoms with E-state index in [1.54, 1.807) is 42.9 Å². The van der Waals surface area contributed by atoms with Crippen LogP contribution in [-0.4, -0.2) is 20.1 Å². The zero-order chi connectivity index (χ0) is 17.3. The number of para-hydroxylation sites is 1. The summed E-state index contributed by atoms with van der Waals surface area (Å²) >= 11 is 0. The molecule has 1 aromatic carbocycles. The van der Waals surface area contributed by atoms with E-state index >= 15 is 0 Å². The minimum absolute atomic E-state index is 0.322. The first-order valence-electron chi connectivity index (χ1n) is 7.84. The number of hydrogen-bond donors (Lipinski definition) is 1. The molecule has 0 bridgehead atoms. The van der Waals surface area contributed by atoms with E-state index in [1.807, 2.05) is 54.9 Å². The lowest BCUT2D eigenvalue weighted by atomic mass is 10.0. The molecule has 1 N–H and O–H groups in total. The Morgan fingerprint density at radius 3 is 1.80 bits per heavy atom. The number of nitrogens with zero attached hydrogens (tertiary/aromatic N) is 3. The lowest BCUT2D eigenvalue weighted by Gasteiger charge is -2.07. The highest BCUT2D eigenvalue weighted by molar-refractivity contribution is 5.79. The molecule has 4 aromatic rings. The molecule has 0 radical (unpaired) electrons. The van der Waals surface area contributed by atoms with Crippen molar-refractivity contribution < 1.29 is 5.11 Å². The van der Waals surface area contributed by atoms with E-state index in [9.17, 15) is 0 Å². The van der Waals surface area contributed by atoms with Gasteiger partial charge in [0.1, 0.15) is 5.75 Å². The maximum atomic E-state index is 8.63. The van der Waals surface area contributed by atoms with Crippen molar-refractivity contribution >= 4 is 0 Å². The SMILES string of the molecule is Oc1ccccc1.c1cncc(-c2cccnc2-c2cccnc2)c1. The Labute approximate surface area is 146 Å². The Hall–Kier alpha value is -3.53. The van der Waals surface area contributed by atoms with Crippen LogP contribution < -0.4 is 0 Å². The standard InChI is InChI=1S/C15H11N3.C6H6O/c1-4-12(10-16-7-1)14-6-3-9-18-15(14)13-5-2-8-17-11-13;7-6-4-2-1-3-5-6/h1-11H;1-5,7H. The van der Waals surface area contributed by atoms with Crippen molar-refractivity contribution in [3.63, 3.8) is 0 Å². The Kier molecular flexibility index (Phi) is 5.46. The van der Waals surface area contributed by atoms with Crippen LogP contribution in [0.2, 0.25) is 0 Å². The van der Waals surface area contributed by atoms with Crippen LogP contribution in [0.15, 0.2) is 97.7 Å². The van der Waals surface area contributed by atoms with Crippen LogP contribution in [0, 0.1) is 0 Å². The third-order valence-corrected chi connectivity index (χ3v) is 3.47. The summed E-state index contributed by atoms with van der Waals surface area (Å²) in [6, 6.07) is 20.6. The van der Waals surface area contributed by atoms with Crippen molar-refractivity contribution in [2.45, 2.75) is 0 Å². The first kappa shape index (κ1) is 16.3. The molecule has 122 valence electrons. The Balaban J connectivity index is 0.000000219. The molecule has 0 unspecified atom stereocenters. The zero-order valence-electron chi connectivity index (χ0n) is 13.5. The van der Waals surface area contributed by atoms with Gasteiger partial charge in [-0.1, -0.05) is 30.3 Å². The molecule has 0 amide bonds. The first-order chi connectivity index (χ1) is 12.3. The predicted molar refractivity (Wildman–Crippen MR) is 98.8 cm³/mol. The quantitative estimate of drug-likeness (QED) is 0.584. The normalized spacial score (nSPS) is 9.76. The monoisotopic (exact) mass is 327 g/mol. The van der Waals surface area contributed by atoms with Crippen molar-refractivity contribution in [1.29, 1.82) is 0 Å². The molecular formula is C21H17N3O. The van der Waals surface area contributed by atoms with Gasteiger partial charge in [0.15, 0.2) is 0 Å². The van der Waals surface area contributed by atoms with E-state index in [-0.39, 0.29) is 0 Å². The molecule has 0 atom stereocenters. The molecule has 0 spiro atoms. The third-order valence-electron chi connectivity index (χ3n) is 3.47. The molecule has 25 heavy (non-hydrogen) atoms. The molecule has 0 saturated carbocycles. The van der Waals surface area contributed by atoms with E-state index in [0.29, 0.717) is 5.75 Å². The Morgan fingerprint density at radius 1 is 0.600 bits per heavy atom. The second-order valence-electron chi connectivity index (χ2n) is 5.22. The molecule has 0 aliphatic carbocycles. The number of pyridine rings is 3. The average Bonchev–Trinajstić information content (AvgIpc) is 2.70. The van der Waals surface area contributed by atoms with E-state index in [0.717, 1.165) is 22.4 Å². The summed E-state index contributed by atoms with van der Waals surface area (Å²) in [7, 11) is 0. The van der Waals surface area contributed by atoms with Crippen LogP contribution in [0.4, 0.5) is 0 Å². The molecule has 0 aliphatic rings. The van der Waals surface area contributed by atoms with Gasteiger partial charge in [0.05, 0.1) is 5.69 Å². The highest BCUT2D eigenvalue weighted by Gasteiger charge is 2.07. The molecule has 4 nitrogen and oxygen atoms in total. The number of aromatic nitrogens is 3. The number of hydrogen-bond acceptors (Lipinski definition) is 4. The van der Waals surface area contributed by atoms with Crippen molar-refractivity contribution in [3.05, 3.63) is 97.7 Å². The van der Waals surface area contributed by atoms with Crippen LogP contribution >= 0.6 is 0 Å². The first-order valence-corrected chi connectivity index (χ1v) is 7.84. The molecule has 4 rings (SSSR count). The van der Waals surface area contributed by atoms with Gasteiger partial charge in [-0.15, -0.1) is 0 Å².